The lowest BCUT2D eigenvalue weighted by molar-refractivity contribution is -0.145. The molecule has 0 rings (SSSR count). The van der Waals surface area contributed by atoms with Crippen molar-refractivity contribution >= 4 is 13.6 Å². The van der Waals surface area contributed by atoms with E-state index >= 15 is 0 Å². The van der Waals surface area contributed by atoms with Crippen LogP contribution >= 0.6 is 7.60 Å². The standard InChI is InChI=1S/C12H25O5P/c1-8(2)12(15-11(7)13)18(14,16-9(3)4)17-10(5)6/h8-10,12H,1-7H3/t12-/m1/s1. The second-order valence-electron chi connectivity index (χ2n) is 5.09. The van der Waals surface area contributed by atoms with Gasteiger partial charge >= 0.3 is 13.6 Å². The first-order valence-corrected chi connectivity index (χ1v) is 7.83. The number of carbonyl (C=O) groups is 1. The Kier molecular flexibility index (Phi) is 7.11. The topological polar surface area (TPSA) is 61.8 Å². The van der Waals surface area contributed by atoms with Gasteiger partial charge in [-0.15, -0.1) is 0 Å². The van der Waals surface area contributed by atoms with Gasteiger partial charge in [-0.25, -0.2) is 0 Å². The van der Waals surface area contributed by atoms with Crippen molar-refractivity contribution in [2.24, 2.45) is 5.92 Å². The number of hydrogen-bond acceptors (Lipinski definition) is 5. The first-order chi connectivity index (χ1) is 8.08. The van der Waals surface area contributed by atoms with Crippen molar-refractivity contribution in [3.05, 3.63) is 0 Å². The largest absolute Gasteiger partial charge is 0.449 e. The van der Waals surface area contributed by atoms with Gasteiger partial charge in [-0.2, -0.15) is 0 Å². The first kappa shape index (κ1) is 17.6. The van der Waals surface area contributed by atoms with Gasteiger partial charge in [0.1, 0.15) is 0 Å². The molecule has 0 saturated carbocycles. The average Bonchev–Trinajstić information content (AvgIpc) is 2.10. The van der Waals surface area contributed by atoms with Crippen molar-refractivity contribution in [3.63, 3.8) is 0 Å². The van der Waals surface area contributed by atoms with Gasteiger partial charge in [0.15, 0.2) is 0 Å². The second-order valence-corrected chi connectivity index (χ2v) is 7.10. The molecule has 0 radical (unpaired) electrons. The second kappa shape index (κ2) is 7.27. The fraction of sp³-hybridized carbons (Fsp3) is 0.917. The van der Waals surface area contributed by atoms with Crippen LogP contribution in [0.5, 0.6) is 0 Å². The Morgan fingerprint density at radius 1 is 0.944 bits per heavy atom. The fourth-order valence-corrected chi connectivity index (χ4v) is 3.94. The van der Waals surface area contributed by atoms with Crippen LogP contribution in [0.3, 0.4) is 0 Å². The summed E-state index contributed by atoms with van der Waals surface area (Å²) < 4.78 is 28.8. The van der Waals surface area contributed by atoms with Gasteiger partial charge in [-0.05, 0) is 27.7 Å². The van der Waals surface area contributed by atoms with Crippen LogP contribution in [-0.4, -0.2) is 24.0 Å². The molecule has 0 aliphatic heterocycles. The molecule has 0 aliphatic rings. The molecule has 108 valence electrons. The van der Waals surface area contributed by atoms with Gasteiger partial charge in [0.05, 0.1) is 12.2 Å². The maximum atomic E-state index is 12.8. The van der Waals surface area contributed by atoms with E-state index in [1.54, 1.807) is 27.7 Å². The minimum absolute atomic E-state index is 0.155. The van der Waals surface area contributed by atoms with Crippen LogP contribution in [0, 0.1) is 5.92 Å². The Labute approximate surface area is 110 Å². The summed E-state index contributed by atoms with van der Waals surface area (Å²) in [6, 6.07) is 0. The quantitative estimate of drug-likeness (QED) is 0.527. The number of hydrogen-bond donors (Lipinski definition) is 0. The van der Waals surface area contributed by atoms with E-state index in [0.717, 1.165) is 0 Å². The van der Waals surface area contributed by atoms with Crippen LogP contribution in [0.4, 0.5) is 0 Å². The Bertz CT molecular complexity index is 298. The lowest BCUT2D eigenvalue weighted by Crippen LogP contribution is -2.27. The van der Waals surface area contributed by atoms with E-state index in [9.17, 15) is 9.36 Å². The summed E-state index contributed by atoms with van der Waals surface area (Å²) in [7, 11) is -3.49. The molecule has 5 nitrogen and oxygen atoms in total. The van der Waals surface area contributed by atoms with Gasteiger partial charge in [0, 0.05) is 12.8 Å². The molecule has 0 fully saturated rings. The molecule has 0 N–H and O–H groups in total. The zero-order valence-electron chi connectivity index (χ0n) is 12.3. The predicted molar refractivity (Wildman–Crippen MR) is 70.4 cm³/mol. The Hall–Kier alpha value is -0.380. The van der Waals surface area contributed by atoms with Crippen molar-refractivity contribution in [2.75, 3.05) is 0 Å². The fourth-order valence-electron chi connectivity index (χ4n) is 1.47. The maximum Gasteiger partial charge on any atom is 0.371 e. The monoisotopic (exact) mass is 280 g/mol. The van der Waals surface area contributed by atoms with E-state index in [0.29, 0.717) is 0 Å². The number of rotatable bonds is 7. The molecule has 0 saturated heterocycles. The number of carbonyl (C=O) groups excluding carboxylic acids is 1. The molecule has 18 heavy (non-hydrogen) atoms. The van der Waals surface area contributed by atoms with Crippen molar-refractivity contribution in [2.45, 2.75) is 66.5 Å². The molecule has 0 spiro atoms. The van der Waals surface area contributed by atoms with Gasteiger partial charge < -0.3 is 13.8 Å². The summed E-state index contributed by atoms with van der Waals surface area (Å²) in [5.74, 6) is -1.52. The van der Waals surface area contributed by atoms with E-state index in [1.165, 1.54) is 6.92 Å². The Morgan fingerprint density at radius 2 is 1.33 bits per heavy atom. The van der Waals surface area contributed by atoms with Crippen LogP contribution in [0.2, 0.25) is 0 Å². The third-order valence-corrected chi connectivity index (χ3v) is 4.64. The molecule has 6 heteroatoms. The molecular weight excluding hydrogens is 255 g/mol. The molecule has 0 unspecified atom stereocenters. The van der Waals surface area contributed by atoms with Crippen LogP contribution in [0.25, 0.3) is 0 Å². The number of esters is 1. The lowest BCUT2D eigenvalue weighted by Gasteiger charge is -2.31. The Morgan fingerprint density at radius 3 is 1.56 bits per heavy atom. The molecule has 0 aromatic carbocycles. The van der Waals surface area contributed by atoms with Gasteiger partial charge in [-0.3, -0.25) is 9.36 Å². The zero-order valence-corrected chi connectivity index (χ0v) is 13.2. The number of ether oxygens (including phenoxy) is 1. The van der Waals surface area contributed by atoms with E-state index in [4.69, 9.17) is 13.8 Å². The molecule has 0 aromatic rings. The predicted octanol–water partition coefficient (Wildman–Crippen LogP) is 3.57. The smallest absolute Gasteiger partial charge is 0.371 e. The molecule has 0 heterocycles. The normalized spacial score (nSPS) is 14.3. The van der Waals surface area contributed by atoms with Gasteiger partial charge in [-0.1, -0.05) is 13.8 Å². The van der Waals surface area contributed by atoms with Crippen LogP contribution in [0.15, 0.2) is 0 Å². The van der Waals surface area contributed by atoms with E-state index in [-0.39, 0.29) is 18.1 Å². The molecule has 0 aliphatic carbocycles. The highest BCUT2D eigenvalue weighted by Gasteiger charge is 2.42. The van der Waals surface area contributed by atoms with Crippen LogP contribution in [0.1, 0.15) is 48.5 Å². The van der Waals surface area contributed by atoms with Crippen molar-refractivity contribution in [1.29, 1.82) is 0 Å². The molecule has 0 amide bonds. The van der Waals surface area contributed by atoms with Crippen LogP contribution in [-0.2, 0) is 23.1 Å². The third-order valence-electron chi connectivity index (χ3n) is 1.88. The van der Waals surface area contributed by atoms with Gasteiger partial charge in [0.25, 0.3) is 0 Å². The molecule has 0 bridgehead atoms. The summed E-state index contributed by atoms with van der Waals surface area (Å²) in [6.07, 6.45) is -0.544. The highest BCUT2D eigenvalue weighted by Crippen LogP contribution is 2.57. The van der Waals surface area contributed by atoms with E-state index < -0.39 is 19.4 Å². The summed E-state index contributed by atoms with van der Waals surface area (Å²) in [4.78, 5) is 11.1. The summed E-state index contributed by atoms with van der Waals surface area (Å²) >= 11 is 0. The highest BCUT2D eigenvalue weighted by atomic mass is 31.2. The minimum atomic E-state index is -3.49. The zero-order chi connectivity index (χ0) is 14.5. The maximum absolute atomic E-state index is 12.8. The molecular formula is C12H25O5P. The molecule has 0 aromatic heterocycles. The molecule has 1 atom stereocenters. The average molecular weight is 280 g/mol. The van der Waals surface area contributed by atoms with Crippen molar-refractivity contribution < 1.29 is 23.1 Å². The summed E-state index contributed by atoms with van der Waals surface area (Å²) in [5, 5.41) is 0. The summed E-state index contributed by atoms with van der Waals surface area (Å²) in [5.41, 5.74) is 0. The van der Waals surface area contributed by atoms with Crippen LogP contribution < -0.4 is 0 Å². The van der Waals surface area contributed by atoms with Gasteiger partial charge in [0.2, 0.25) is 5.85 Å². The highest BCUT2D eigenvalue weighted by molar-refractivity contribution is 7.54. The van der Waals surface area contributed by atoms with Crippen molar-refractivity contribution in [1.82, 2.24) is 0 Å². The first-order valence-electron chi connectivity index (χ1n) is 6.22. The minimum Gasteiger partial charge on any atom is -0.449 e. The summed E-state index contributed by atoms with van der Waals surface area (Å²) in [6.45, 7) is 12.0. The lowest BCUT2D eigenvalue weighted by atomic mass is 10.2. The van der Waals surface area contributed by atoms with E-state index in [2.05, 4.69) is 0 Å². The van der Waals surface area contributed by atoms with Crippen molar-refractivity contribution in [3.8, 4) is 0 Å². The third kappa shape index (κ3) is 5.98. The van der Waals surface area contributed by atoms with E-state index in [1.807, 2.05) is 13.8 Å². The Balaban J connectivity index is 5.21. The SMILES string of the molecule is CC(=O)O[C@@H](C(C)C)P(=O)(OC(C)C)OC(C)C.